The zero-order chi connectivity index (χ0) is 24.4. The maximum absolute atomic E-state index is 12.7. The van der Waals surface area contributed by atoms with E-state index in [2.05, 4.69) is 16.0 Å². The van der Waals surface area contributed by atoms with Gasteiger partial charge in [-0.2, -0.15) is 0 Å². The number of rotatable bonds is 13. The molecule has 3 amide bonds. The molecule has 182 valence electrons. The number of hydrogen-bond donors (Lipinski definition) is 3. The Kier molecular flexibility index (Phi) is 12.9. The molecule has 0 saturated carbocycles. The summed E-state index contributed by atoms with van der Waals surface area (Å²) < 4.78 is 11.4. The van der Waals surface area contributed by atoms with Gasteiger partial charge in [0.15, 0.2) is 0 Å². The van der Waals surface area contributed by atoms with Crippen LogP contribution >= 0.6 is 0 Å². The van der Waals surface area contributed by atoms with Gasteiger partial charge in [0.25, 0.3) is 0 Å². The normalized spacial score (nSPS) is 15.9. The Labute approximate surface area is 188 Å². The largest absolute Gasteiger partial charge is 0.367 e. The molecule has 0 rings (SSSR count). The summed E-state index contributed by atoms with van der Waals surface area (Å²) in [7, 11) is 0. The van der Waals surface area contributed by atoms with Crippen LogP contribution in [0.5, 0.6) is 0 Å². The summed E-state index contributed by atoms with van der Waals surface area (Å²) in [5.41, 5.74) is -0.0871. The summed E-state index contributed by atoms with van der Waals surface area (Å²) in [6.45, 7) is 19.4. The molecule has 0 aliphatic carbocycles. The van der Waals surface area contributed by atoms with Crippen molar-refractivity contribution in [2.24, 2.45) is 11.3 Å². The van der Waals surface area contributed by atoms with Crippen LogP contribution in [0.1, 0.15) is 75.7 Å². The quantitative estimate of drug-likeness (QED) is 0.405. The maximum Gasteiger partial charge on any atom is 0.249 e. The average molecular weight is 444 g/mol. The predicted molar refractivity (Wildman–Crippen MR) is 123 cm³/mol. The Balaban J connectivity index is 4.54. The summed E-state index contributed by atoms with van der Waals surface area (Å²) in [6, 6.07) is -0.444. The van der Waals surface area contributed by atoms with E-state index in [1.807, 2.05) is 62.3 Å². The molecule has 0 aromatic carbocycles. The van der Waals surface area contributed by atoms with Crippen LogP contribution in [0.25, 0.3) is 0 Å². The van der Waals surface area contributed by atoms with Crippen LogP contribution in [-0.4, -0.2) is 61.3 Å². The van der Waals surface area contributed by atoms with E-state index < -0.39 is 12.2 Å². The van der Waals surface area contributed by atoms with E-state index in [1.165, 1.54) is 0 Å². The van der Waals surface area contributed by atoms with Gasteiger partial charge in [-0.15, -0.1) is 0 Å². The van der Waals surface area contributed by atoms with Gasteiger partial charge in [-0.1, -0.05) is 34.6 Å². The third-order valence-corrected chi connectivity index (χ3v) is 4.27. The number of carbonyl (C=O) groups is 3. The molecule has 0 radical (unpaired) electrons. The zero-order valence-electron chi connectivity index (χ0n) is 21.1. The lowest BCUT2D eigenvalue weighted by atomic mass is 9.92. The first-order valence-corrected chi connectivity index (χ1v) is 11.3. The molecule has 31 heavy (non-hydrogen) atoms. The number of nitrogens with one attached hydrogen (secondary N) is 3. The van der Waals surface area contributed by atoms with Crippen molar-refractivity contribution < 1.29 is 23.9 Å². The fourth-order valence-electron chi connectivity index (χ4n) is 2.80. The molecule has 0 saturated heterocycles. The lowest BCUT2D eigenvalue weighted by molar-refractivity contribution is -0.138. The molecular weight excluding hydrogens is 398 g/mol. The SMILES string of the molecule is CC(C)NC(=O)C(C)OCC(C)NC(=O)C(OCC(C)NC(=O)CC(C)(C)C)C(C)C. The summed E-state index contributed by atoms with van der Waals surface area (Å²) in [4.78, 5) is 36.7. The second kappa shape index (κ2) is 13.7. The Morgan fingerprint density at radius 3 is 1.74 bits per heavy atom. The highest BCUT2D eigenvalue weighted by atomic mass is 16.5. The molecule has 8 heteroatoms. The standard InChI is InChI=1S/C23H45N3O5/c1-14(2)20(31-13-16(5)25-19(27)11-23(8,9)10)22(29)26-17(6)12-30-18(7)21(28)24-15(3)4/h14-18,20H,11-13H2,1-10H3,(H,24,28)(H,25,27)(H,26,29). The third kappa shape index (κ3) is 14.1. The van der Waals surface area contributed by atoms with Crippen molar-refractivity contribution in [3.05, 3.63) is 0 Å². The van der Waals surface area contributed by atoms with Gasteiger partial charge in [-0.25, -0.2) is 0 Å². The summed E-state index contributed by atoms with van der Waals surface area (Å²) >= 11 is 0. The zero-order valence-corrected chi connectivity index (χ0v) is 21.1. The smallest absolute Gasteiger partial charge is 0.249 e. The fraction of sp³-hybridized carbons (Fsp3) is 0.870. The lowest BCUT2D eigenvalue weighted by Crippen LogP contribution is -2.48. The van der Waals surface area contributed by atoms with Gasteiger partial charge < -0.3 is 25.4 Å². The number of hydrogen-bond acceptors (Lipinski definition) is 5. The van der Waals surface area contributed by atoms with Crippen molar-refractivity contribution in [3.63, 3.8) is 0 Å². The number of ether oxygens (including phenoxy) is 2. The van der Waals surface area contributed by atoms with Crippen molar-refractivity contribution in [1.82, 2.24) is 16.0 Å². The molecule has 0 bridgehead atoms. The highest BCUT2D eigenvalue weighted by Gasteiger charge is 2.26. The van der Waals surface area contributed by atoms with Gasteiger partial charge in [-0.05, 0) is 46.0 Å². The van der Waals surface area contributed by atoms with Crippen LogP contribution in [0.4, 0.5) is 0 Å². The third-order valence-electron chi connectivity index (χ3n) is 4.27. The molecule has 0 aromatic rings. The molecule has 0 aromatic heterocycles. The second-order valence-corrected chi connectivity index (χ2v) is 10.3. The van der Waals surface area contributed by atoms with Crippen molar-refractivity contribution in [3.8, 4) is 0 Å². The van der Waals surface area contributed by atoms with Gasteiger partial charge in [0.05, 0.1) is 13.2 Å². The molecule has 8 nitrogen and oxygen atoms in total. The molecule has 0 fully saturated rings. The van der Waals surface area contributed by atoms with E-state index in [9.17, 15) is 14.4 Å². The summed E-state index contributed by atoms with van der Waals surface area (Å²) in [5.74, 6) is -0.491. The predicted octanol–water partition coefficient (Wildman–Crippen LogP) is 2.40. The highest BCUT2D eigenvalue weighted by molar-refractivity contribution is 5.81. The van der Waals surface area contributed by atoms with Crippen LogP contribution in [-0.2, 0) is 23.9 Å². The number of carbonyl (C=O) groups excluding carboxylic acids is 3. The molecule has 4 unspecified atom stereocenters. The maximum atomic E-state index is 12.7. The van der Waals surface area contributed by atoms with Crippen LogP contribution < -0.4 is 16.0 Å². The first-order valence-electron chi connectivity index (χ1n) is 11.3. The van der Waals surface area contributed by atoms with Crippen LogP contribution in [0.15, 0.2) is 0 Å². The Morgan fingerprint density at radius 1 is 0.742 bits per heavy atom. The van der Waals surface area contributed by atoms with Crippen molar-refractivity contribution >= 4 is 17.7 Å². The van der Waals surface area contributed by atoms with Gasteiger partial charge in [0, 0.05) is 24.5 Å². The van der Waals surface area contributed by atoms with Crippen molar-refractivity contribution in [2.75, 3.05) is 13.2 Å². The monoisotopic (exact) mass is 443 g/mol. The minimum atomic E-state index is -0.647. The topological polar surface area (TPSA) is 106 Å². The molecule has 4 atom stereocenters. The van der Waals surface area contributed by atoms with Crippen LogP contribution in [0.3, 0.4) is 0 Å². The van der Waals surface area contributed by atoms with Gasteiger partial charge in [0.2, 0.25) is 17.7 Å². The van der Waals surface area contributed by atoms with Crippen molar-refractivity contribution in [1.29, 1.82) is 0 Å². The van der Waals surface area contributed by atoms with Crippen molar-refractivity contribution in [2.45, 2.75) is 106 Å². The van der Waals surface area contributed by atoms with Crippen LogP contribution in [0, 0.1) is 11.3 Å². The fourth-order valence-corrected chi connectivity index (χ4v) is 2.80. The minimum Gasteiger partial charge on any atom is -0.367 e. The molecular formula is C23H45N3O5. The van der Waals surface area contributed by atoms with E-state index in [0.717, 1.165) is 0 Å². The molecule has 0 aliphatic rings. The van der Waals surface area contributed by atoms with E-state index in [0.29, 0.717) is 6.42 Å². The Hall–Kier alpha value is -1.67. The molecule has 0 spiro atoms. The molecule has 0 heterocycles. The molecule has 3 N–H and O–H groups in total. The summed E-state index contributed by atoms with van der Waals surface area (Å²) in [5, 5.41) is 8.59. The van der Waals surface area contributed by atoms with E-state index in [-0.39, 0.29) is 60.4 Å². The van der Waals surface area contributed by atoms with Crippen LogP contribution in [0.2, 0.25) is 0 Å². The van der Waals surface area contributed by atoms with E-state index in [4.69, 9.17) is 9.47 Å². The van der Waals surface area contributed by atoms with Gasteiger partial charge in [0.1, 0.15) is 12.2 Å². The van der Waals surface area contributed by atoms with E-state index in [1.54, 1.807) is 6.92 Å². The Bertz CT molecular complexity index is 572. The lowest BCUT2D eigenvalue weighted by Gasteiger charge is -2.26. The average Bonchev–Trinajstić information content (AvgIpc) is 2.56. The Morgan fingerprint density at radius 2 is 1.26 bits per heavy atom. The second-order valence-electron chi connectivity index (χ2n) is 10.3. The molecule has 0 aliphatic heterocycles. The van der Waals surface area contributed by atoms with Gasteiger partial charge in [-0.3, -0.25) is 14.4 Å². The first kappa shape index (κ1) is 29.3. The van der Waals surface area contributed by atoms with E-state index >= 15 is 0 Å². The van der Waals surface area contributed by atoms with Gasteiger partial charge >= 0.3 is 0 Å². The summed E-state index contributed by atoms with van der Waals surface area (Å²) in [6.07, 6.45) is -0.821. The number of amides is 3. The minimum absolute atomic E-state index is 0.0319. The highest BCUT2D eigenvalue weighted by Crippen LogP contribution is 2.18. The first-order chi connectivity index (χ1) is 14.1.